The van der Waals surface area contributed by atoms with E-state index in [0.717, 1.165) is 11.8 Å². The molecule has 0 radical (unpaired) electrons. The molecule has 2 heterocycles. The molecular weight excluding hydrogens is 387 g/mol. The van der Waals surface area contributed by atoms with E-state index in [1.807, 2.05) is 0 Å². The molecule has 0 saturated heterocycles. The van der Waals surface area contributed by atoms with Crippen LogP contribution in [-0.4, -0.2) is 20.8 Å². The summed E-state index contributed by atoms with van der Waals surface area (Å²) < 4.78 is 43.6. The number of nitrogens with one attached hydrogen (secondary N) is 1. The molecule has 8 nitrogen and oxygen atoms in total. The van der Waals surface area contributed by atoms with Gasteiger partial charge < -0.3 is 15.6 Å². The molecule has 12 heteroatoms. The Balaban J connectivity index is 1.90. The average molecular weight is 399 g/mol. The fourth-order valence-corrected chi connectivity index (χ4v) is 3.19. The number of carbonyl (C=O) groups is 1. The number of aromatic nitrogens is 3. The van der Waals surface area contributed by atoms with Crippen molar-refractivity contribution in [3.63, 3.8) is 0 Å². The van der Waals surface area contributed by atoms with Gasteiger partial charge in [0.05, 0.1) is 0 Å². The Kier molecular flexibility index (Phi) is 4.83. The van der Waals surface area contributed by atoms with E-state index in [0.29, 0.717) is 21.3 Å². The zero-order valence-electron chi connectivity index (χ0n) is 13.7. The maximum Gasteiger partial charge on any atom is 0.453 e. The molecular formula is C15H12F3N5O3S. The van der Waals surface area contributed by atoms with E-state index in [4.69, 9.17) is 10.3 Å². The van der Waals surface area contributed by atoms with Crippen molar-refractivity contribution in [3.05, 3.63) is 46.1 Å². The van der Waals surface area contributed by atoms with Crippen LogP contribution in [0.25, 0.3) is 11.0 Å². The van der Waals surface area contributed by atoms with E-state index in [1.54, 1.807) is 12.1 Å². The van der Waals surface area contributed by atoms with Gasteiger partial charge in [0.1, 0.15) is 5.58 Å². The van der Waals surface area contributed by atoms with Gasteiger partial charge in [-0.2, -0.15) is 13.2 Å². The molecule has 2 aromatic heterocycles. The van der Waals surface area contributed by atoms with Crippen LogP contribution in [-0.2, 0) is 16.7 Å². The Bertz CT molecular complexity index is 1080. The summed E-state index contributed by atoms with van der Waals surface area (Å²) >= 11 is 0.890. The minimum absolute atomic E-state index is 0.106. The maximum atomic E-state index is 12.7. The van der Waals surface area contributed by atoms with Crippen molar-refractivity contribution >= 4 is 34.3 Å². The number of hydrogen-bond acceptors (Lipinski definition) is 7. The van der Waals surface area contributed by atoms with E-state index >= 15 is 0 Å². The number of nitrogens with two attached hydrogens (primary N) is 1. The predicted molar refractivity (Wildman–Crippen MR) is 91.5 cm³/mol. The minimum Gasteiger partial charge on any atom is -0.423 e. The average Bonchev–Trinajstić information content (AvgIpc) is 2.92. The molecule has 3 rings (SSSR count). The van der Waals surface area contributed by atoms with Crippen LogP contribution in [0.1, 0.15) is 18.3 Å². The Labute approximate surface area is 153 Å². The highest BCUT2D eigenvalue weighted by Gasteiger charge is 2.38. The number of benzene rings is 1. The summed E-state index contributed by atoms with van der Waals surface area (Å²) in [6, 6.07) is 5.97. The molecule has 3 aromatic rings. The smallest absolute Gasteiger partial charge is 0.423 e. The van der Waals surface area contributed by atoms with Crippen LogP contribution in [0, 0.1) is 0 Å². The van der Waals surface area contributed by atoms with Crippen LogP contribution in [0.4, 0.5) is 18.9 Å². The molecule has 3 N–H and O–H groups in total. The highest BCUT2D eigenvalue weighted by atomic mass is 32.2. The SMILES string of the molecule is CC(=O)Nc1ccc2c(CSc3nnc(C(F)(F)F)n3N)cc(=O)oc2c1. The van der Waals surface area contributed by atoms with Gasteiger partial charge in [-0.15, -0.1) is 10.2 Å². The molecule has 0 unspecified atom stereocenters. The molecule has 1 amide bonds. The quantitative estimate of drug-likeness (QED) is 0.393. The predicted octanol–water partition coefficient (Wildman–Crippen LogP) is 2.37. The first-order valence-corrected chi connectivity index (χ1v) is 8.38. The number of carbonyl (C=O) groups excluding carboxylic acids is 1. The highest BCUT2D eigenvalue weighted by molar-refractivity contribution is 7.98. The Morgan fingerprint density at radius 2 is 2.07 bits per heavy atom. The second-order valence-corrected chi connectivity index (χ2v) is 6.39. The summed E-state index contributed by atoms with van der Waals surface area (Å²) in [5.74, 6) is 3.90. The topological polar surface area (TPSA) is 116 Å². The number of nitrogens with zero attached hydrogens (tertiary/aromatic N) is 3. The number of rotatable bonds is 4. The molecule has 0 aliphatic rings. The van der Waals surface area contributed by atoms with Gasteiger partial charge in [-0.05, 0) is 17.7 Å². The first-order valence-electron chi connectivity index (χ1n) is 7.40. The van der Waals surface area contributed by atoms with Crippen LogP contribution in [0.3, 0.4) is 0 Å². The lowest BCUT2D eigenvalue weighted by molar-refractivity contribution is -0.146. The molecule has 0 spiro atoms. The molecule has 0 saturated carbocycles. The van der Waals surface area contributed by atoms with Crippen LogP contribution in [0.15, 0.2) is 38.6 Å². The Morgan fingerprint density at radius 3 is 2.70 bits per heavy atom. The third-order valence-corrected chi connectivity index (χ3v) is 4.42. The van der Waals surface area contributed by atoms with Gasteiger partial charge in [-0.1, -0.05) is 11.8 Å². The first-order chi connectivity index (χ1) is 12.6. The summed E-state index contributed by atoms with van der Waals surface area (Å²) in [6.07, 6.45) is -4.72. The van der Waals surface area contributed by atoms with Gasteiger partial charge in [-0.3, -0.25) is 4.79 Å². The van der Waals surface area contributed by atoms with Gasteiger partial charge >= 0.3 is 11.8 Å². The van der Waals surface area contributed by atoms with Gasteiger partial charge in [-0.25, -0.2) is 9.47 Å². The number of amides is 1. The molecule has 0 atom stereocenters. The third kappa shape index (κ3) is 4.05. The summed E-state index contributed by atoms with van der Waals surface area (Å²) in [5.41, 5.74) is 0.550. The van der Waals surface area contributed by atoms with E-state index < -0.39 is 17.6 Å². The molecule has 142 valence electrons. The first kappa shape index (κ1) is 18.8. The molecule has 27 heavy (non-hydrogen) atoms. The number of fused-ring (bicyclic) bond motifs is 1. The van der Waals surface area contributed by atoms with E-state index in [2.05, 4.69) is 15.5 Å². The number of anilines is 1. The van der Waals surface area contributed by atoms with E-state index in [9.17, 15) is 22.8 Å². The Hall–Kier alpha value is -3.02. The maximum absolute atomic E-state index is 12.7. The van der Waals surface area contributed by atoms with Gasteiger partial charge in [0.2, 0.25) is 11.1 Å². The lowest BCUT2D eigenvalue weighted by Crippen LogP contribution is -2.21. The van der Waals surface area contributed by atoms with Gasteiger partial charge in [0.15, 0.2) is 0 Å². The zero-order chi connectivity index (χ0) is 19.8. The summed E-state index contributed by atoms with van der Waals surface area (Å²) in [4.78, 5) is 22.9. The number of thioether (sulfide) groups is 1. The lowest BCUT2D eigenvalue weighted by Gasteiger charge is -2.08. The largest absolute Gasteiger partial charge is 0.453 e. The summed E-state index contributed by atoms with van der Waals surface area (Å²) in [5, 5.41) is 9.45. The number of halogens is 3. The van der Waals surface area contributed by atoms with Crippen LogP contribution < -0.4 is 16.8 Å². The third-order valence-electron chi connectivity index (χ3n) is 3.43. The standard InChI is InChI=1S/C15H12F3N5O3S/c1-7(24)20-9-2-3-10-8(4-12(25)26-11(10)5-9)6-27-14-22-21-13(23(14)19)15(16,17)18/h2-5H,6,19H2,1H3,(H,20,24). The Morgan fingerprint density at radius 1 is 1.33 bits per heavy atom. The van der Waals surface area contributed by atoms with Crippen molar-refractivity contribution in [3.8, 4) is 0 Å². The highest BCUT2D eigenvalue weighted by Crippen LogP contribution is 2.31. The van der Waals surface area contributed by atoms with Gasteiger partial charge in [0.25, 0.3) is 5.82 Å². The fourth-order valence-electron chi connectivity index (χ4n) is 2.34. The van der Waals surface area contributed by atoms with E-state index in [-0.39, 0.29) is 22.4 Å². The fraction of sp³-hybridized carbons (Fsp3) is 0.200. The lowest BCUT2D eigenvalue weighted by atomic mass is 10.1. The van der Waals surface area contributed by atoms with Gasteiger partial charge in [0, 0.05) is 35.9 Å². The zero-order valence-corrected chi connectivity index (χ0v) is 14.5. The van der Waals surface area contributed by atoms with Crippen molar-refractivity contribution < 1.29 is 22.4 Å². The normalized spacial score (nSPS) is 11.7. The van der Waals surface area contributed by atoms with Crippen molar-refractivity contribution in [2.24, 2.45) is 0 Å². The van der Waals surface area contributed by atoms with Crippen molar-refractivity contribution in [2.75, 3.05) is 11.2 Å². The molecule has 0 fully saturated rings. The van der Waals surface area contributed by atoms with Crippen molar-refractivity contribution in [2.45, 2.75) is 24.0 Å². The van der Waals surface area contributed by atoms with Crippen LogP contribution in [0.5, 0.6) is 0 Å². The second kappa shape index (κ2) is 6.95. The molecule has 0 aliphatic heterocycles. The number of nitrogen functional groups attached to an aromatic ring is 1. The molecule has 0 aliphatic carbocycles. The number of hydrogen-bond donors (Lipinski definition) is 2. The summed E-state index contributed by atoms with van der Waals surface area (Å²) in [7, 11) is 0. The van der Waals surface area contributed by atoms with Crippen molar-refractivity contribution in [1.29, 1.82) is 0 Å². The summed E-state index contributed by atoms with van der Waals surface area (Å²) in [6.45, 7) is 1.34. The molecule has 1 aromatic carbocycles. The monoisotopic (exact) mass is 399 g/mol. The second-order valence-electron chi connectivity index (χ2n) is 5.45. The van der Waals surface area contributed by atoms with E-state index in [1.165, 1.54) is 19.1 Å². The van der Waals surface area contributed by atoms with Crippen molar-refractivity contribution in [1.82, 2.24) is 14.9 Å². The molecule has 0 bridgehead atoms. The minimum atomic E-state index is -4.72. The van der Waals surface area contributed by atoms with Crippen LogP contribution >= 0.6 is 11.8 Å². The van der Waals surface area contributed by atoms with Crippen LogP contribution in [0.2, 0.25) is 0 Å². The number of alkyl halides is 3.